The lowest BCUT2D eigenvalue weighted by atomic mass is 10.1. The molecule has 2 aromatic rings. The van der Waals surface area contributed by atoms with Crippen molar-refractivity contribution in [2.24, 2.45) is 0 Å². The fraction of sp³-hybridized carbons (Fsp3) is 0.444. The average molecular weight is 375 g/mol. The first-order valence-electron chi connectivity index (χ1n) is 8.49. The number of hydrogen-bond donors (Lipinski definition) is 2. The van der Waals surface area contributed by atoms with E-state index in [4.69, 9.17) is 0 Å². The van der Waals surface area contributed by atoms with Crippen molar-refractivity contribution in [2.45, 2.75) is 57.1 Å². The van der Waals surface area contributed by atoms with Crippen molar-refractivity contribution in [3.8, 4) is 11.4 Å². The Bertz CT molecular complexity index is 768. The molecule has 0 spiro atoms. The molecule has 2 rings (SSSR count). The van der Waals surface area contributed by atoms with Crippen LogP contribution in [0.25, 0.3) is 11.4 Å². The molecule has 1 aromatic carbocycles. The minimum Gasteiger partial charge on any atom is -0.333 e. The number of rotatable bonds is 5. The first kappa shape index (κ1) is 20.0. The van der Waals surface area contributed by atoms with Crippen molar-refractivity contribution in [1.82, 2.24) is 25.4 Å². The van der Waals surface area contributed by atoms with Crippen LogP contribution in [-0.4, -0.2) is 37.5 Å². The summed E-state index contributed by atoms with van der Waals surface area (Å²) in [5.74, 6) is 0.386. The normalized spacial score (nSPS) is 12.5. The van der Waals surface area contributed by atoms with Crippen LogP contribution in [0, 0.1) is 0 Å². The summed E-state index contributed by atoms with van der Waals surface area (Å²) in [4.78, 5) is 24.1. The summed E-state index contributed by atoms with van der Waals surface area (Å²) in [6.07, 6.45) is 0. The van der Waals surface area contributed by atoms with Gasteiger partial charge in [0, 0.05) is 17.6 Å². The number of thioether (sulfide) groups is 1. The Morgan fingerprint density at radius 3 is 2.42 bits per heavy atom. The Labute approximate surface area is 158 Å². The number of nitrogens with zero attached hydrogens (tertiary/aromatic N) is 3. The number of amides is 3. The molecule has 0 aliphatic carbocycles. The van der Waals surface area contributed by atoms with Crippen molar-refractivity contribution in [3.63, 3.8) is 0 Å². The zero-order chi connectivity index (χ0) is 19.3. The molecule has 0 fully saturated rings. The molecule has 8 heteroatoms. The summed E-state index contributed by atoms with van der Waals surface area (Å²) in [6, 6.07) is 9.27. The molecule has 7 nitrogen and oxygen atoms in total. The molecular weight excluding hydrogens is 350 g/mol. The molecule has 1 atom stereocenters. The highest BCUT2D eigenvalue weighted by Crippen LogP contribution is 2.26. The second-order valence-electron chi connectivity index (χ2n) is 6.87. The number of carbonyl (C=O) groups is 2. The maximum atomic E-state index is 12.3. The average Bonchev–Trinajstić information content (AvgIpc) is 2.96. The molecule has 140 valence electrons. The predicted molar refractivity (Wildman–Crippen MR) is 103 cm³/mol. The van der Waals surface area contributed by atoms with Crippen LogP contribution in [0.2, 0.25) is 0 Å². The van der Waals surface area contributed by atoms with Crippen LogP contribution in [0.5, 0.6) is 0 Å². The lowest BCUT2D eigenvalue weighted by Gasteiger charge is -2.21. The van der Waals surface area contributed by atoms with E-state index in [-0.39, 0.29) is 5.91 Å². The second kappa shape index (κ2) is 8.35. The fourth-order valence-corrected chi connectivity index (χ4v) is 3.17. The van der Waals surface area contributed by atoms with Crippen LogP contribution < -0.4 is 10.6 Å². The number of imide groups is 1. The smallest absolute Gasteiger partial charge is 0.321 e. The Kier molecular flexibility index (Phi) is 6.42. The predicted octanol–water partition coefficient (Wildman–Crippen LogP) is 3.07. The second-order valence-corrected chi connectivity index (χ2v) is 8.18. The van der Waals surface area contributed by atoms with Crippen molar-refractivity contribution in [3.05, 3.63) is 30.3 Å². The third-order valence-electron chi connectivity index (χ3n) is 3.44. The highest BCUT2D eigenvalue weighted by Gasteiger charge is 2.23. The number of carbonyl (C=O) groups excluding carboxylic acids is 2. The van der Waals surface area contributed by atoms with Gasteiger partial charge in [0.05, 0.1) is 5.25 Å². The summed E-state index contributed by atoms with van der Waals surface area (Å²) >= 11 is 1.28. The van der Waals surface area contributed by atoms with Crippen LogP contribution in [0.1, 0.15) is 34.6 Å². The van der Waals surface area contributed by atoms with Crippen molar-refractivity contribution >= 4 is 23.7 Å². The monoisotopic (exact) mass is 375 g/mol. The number of hydrogen-bond acceptors (Lipinski definition) is 5. The van der Waals surface area contributed by atoms with E-state index in [0.29, 0.717) is 11.7 Å². The number of benzene rings is 1. The molecule has 0 saturated carbocycles. The highest BCUT2D eigenvalue weighted by molar-refractivity contribution is 8.00. The number of urea groups is 1. The Morgan fingerprint density at radius 1 is 1.19 bits per heavy atom. The largest absolute Gasteiger partial charge is 0.333 e. The fourth-order valence-electron chi connectivity index (χ4n) is 2.26. The Balaban J connectivity index is 2.07. The summed E-state index contributed by atoms with van der Waals surface area (Å²) in [6.45, 7) is 9.97. The quantitative estimate of drug-likeness (QED) is 0.784. The SMILES string of the molecule is CCn1c(SC(C)C(=O)NC(=O)NC(C)(C)C)nnc1-c1ccccc1. The highest BCUT2D eigenvalue weighted by atomic mass is 32.2. The zero-order valence-electron chi connectivity index (χ0n) is 15.7. The zero-order valence-corrected chi connectivity index (χ0v) is 16.6. The Morgan fingerprint density at radius 2 is 1.85 bits per heavy atom. The summed E-state index contributed by atoms with van der Waals surface area (Å²) in [5.41, 5.74) is 0.559. The summed E-state index contributed by atoms with van der Waals surface area (Å²) < 4.78 is 1.96. The van der Waals surface area contributed by atoms with E-state index in [1.54, 1.807) is 6.92 Å². The van der Waals surface area contributed by atoms with Gasteiger partial charge >= 0.3 is 6.03 Å². The molecule has 26 heavy (non-hydrogen) atoms. The van der Waals surface area contributed by atoms with Crippen LogP contribution in [0.4, 0.5) is 4.79 Å². The lowest BCUT2D eigenvalue weighted by molar-refractivity contribution is -0.119. The van der Waals surface area contributed by atoms with Crippen molar-refractivity contribution in [1.29, 1.82) is 0 Å². The van der Waals surface area contributed by atoms with Gasteiger partial charge in [-0.15, -0.1) is 10.2 Å². The Hall–Kier alpha value is -2.35. The third-order valence-corrected chi connectivity index (χ3v) is 4.52. The van der Waals surface area contributed by atoms with Crippen molar-refractivity contribution < 1.29 is 9.59 Å². The van der Waals surface area contributed by atoms with Gasteiger partial charge in [-0.3, -0.25) is 10.1 Å². The van der Waals surface area contributed by atoms with Gasteiger partial charge in [0.1, 0.15) is 0 Å². The van der Waals surface area contributed by atoms with Crippen LogP contribution in [-0.2, 0) is 11.3 Å². The lowest BCUT2D eigenvalue weighted by Crippen LogP contribution is -2.49. The van der Waals surface area contributed by atoms with Crippen molar-refractivity contribution in [2.75, 3.05) is 0 Å². The van der Waals surface area contributed by atoms with Gasteiger partial charge in [-0.2, -0.15) is 0 Å². The maximum absolute atomic E-state index is 12.3. The minimum atomic E-state index is -0.503. The van der Waals surface area contributed by atoms with E-state index in [1.807, 2.05) is 62.6 Å². The minimum absolute atomic E-state index is 0.372. The number of nitrogens with one attached hydrogen (secondary N) is 2. The van der Waals surface area contributed by atoms with Gasteiger partial charge in [0.2, 0.25) is 5.91 Å². The molecule has 0 bridgehead atoms. The standard InChI is InChI=1S/C18H25N5O2S/c1-6-23-14(13-10-8-7-9-11-13)21-22-17(23)26-12(2)15(24)19-16(25)20-18(3,4)5/h7-12H,6H2,1-5H3,(H2,19,20,24,25). The summed E-state index contributed by atoms with van der Waals surface area (Å²) in [5, 5.41) is 13.7. The molecular formula is C18H25N5O2S. The van der Waals surface area contributed by atoms with E-state index in [9.17, 15) is 9.59 Å². The summed E-state index contributed by atoms with van der Waals surface area (Å²) in [7, 11) is 0. The van der Waals surface area contributed by atoms with Crippen LogP contribution in [0.3, 0.4) is 0 Å². The van der Waals surface area contributed by atoms with E-state index in [1.165, 1.54) is 11.8 Å². The van der Waals surface area contributed by atoms with Crippen LogP contribution >= 0.6 is 11.8 Å². The molecule has 1 heterocycles. The van der Waals surface area contributed by atoms with Gasteiger partial charge < -0.3 is 9.88 Å². The van der Waals surface area contributed by atoms with Gasteiger partial charge in [0.15, 0.2) is 11.0 Å². The third kappa shape index (κ3) is 5.32. The molecule has 2 N–H and O–H groups in total. The van der Waals surface area contributed by atoms with E-state index < -0.39 is 16.8 Å². The van der Waals surface area contributed by atoms with Gasteiger partial charge in [-0.05, 0) is 34.6 Å². The first-order valence-corrected chi connectivity index (χ1v) is 9.37. The van der Waals surface area contributed by atoms with Gasteiger partial charge in [0.25, 0.3) is 0 Å². The molecule has 1 aromatic heterocycles. The van der Waals surface area contributed by atoms with Crippen LogP contribution in [0.15, 0.2) is 35.5 Å². The van der Waals surface area contributed by atoms with Gasteiger partial charge in [-0.25, -0.2) is 4.79 Å². The molecule has 0 aliphatic rings. The topological polar surface area (TPSA) is 88.9 Å². The first-order chi connectivity index (χ1) is 12.2. The van der Waals surface area contributed by atoms with E-state index in [2.05, 4.69) is 20.8 Å². The molecule has 3 amide bonds. The molecule has 0 saturated heterocycles. The van der Waals surface area contributed by atoms with Gasteiger partial charge in [-0.1, -0.05) is 42.1 Å². The molecule has 0 radical (unpaired) electrons. The van der Waals surface area contributed by atoms with E-state index in [0.717, 1.165) is 11.4 Å². The number of aromatic nitrogens is 3. The molecule has 1 unspecified atom stereocenters. The molecule has 0 aliphatic heterocycles. The van der Waals surface area contributed by atoms with E-state index >= 15 is 0 Å². The maximum Gasteiger partial charge on any atom is 0.321 e.